The Morgan fingerprint density at radius 1 is 1.14 bits per heavy atom. The van der Waals surface area contributed by atoms with Crippen molar-refractivity contribution in [2.75, 3.05) is 51.3 Å². The second kappa shape index (κ2) is 9.30. The molecule has 152 valence electrons. The molecule has 0 aromatic heterocycles. The molecule has 0 atom stereocenters. The zero-order valence-corrected chi connectivity index (χ0v) is 17.2. The first-order valence-corrected chi connectivity index (χ1v) is 10.1. The topological polar surface area (TPSA) is 68.2 Å². The Balaban J connectivity index is 1.54. The van der Waals surface area contributed by atoms with Crippen LogP contribution in [-0.4, -0.2) is 73.6 Å². The molecule has 2 aliphatic heterocycles. The van der Waals surface area contributed by atoms with Gasteiger partial charge in [0.1, 0.15) is 5.71 Å². The highest BCUT2D eigenvalue weighted by atomic mass is 16.2. The largest absolute Gasteiger partial charge is 0.351 e. The first-order valence-electron chi connectivity index (χ1n) is 10.1. The molecule has 1 aromatic rings. The number of hydrogen-bond acceptors (Lipinski definition) is 5. The van der Waals surface area contributed by atoms with Gasteiger partial charge in [-0.2, -0.15) is 5.10 Å². The number of piperazine rings is 1. The summed E-state index contributed by atoms with van der Waals surface area (Å²) in [4.78, 5) is 29.7. The summed E-state index contributed by atoms with van der Waals surface area (Å²) in [6.07, 6.45) is 1.62. The summed E-state index contributed by atoms with van der Waals surface area (Å²) < 4.78 is 0. The number of carbonyl (C=O) groups excluding carboxylic acids is 2. The third-order valence-corrected chi connectivity index (χ3v) is 5.42. The molecule has 7 nitrogen and oxygen atoms in total. The maximum atomic E-state index is 12.5. The van der Waals surface area contributed by atoms with Crippen LogP contribution < -0.4 is 10.3 Å². The third-order valence-electron chi connectivity index (χ3n) is 5.42. The van der Waals surface area contributed by atoms with E-state index in [0.717, 1.165) is 56.0 Å². The van der Waals surface area contributed by atoms with E-state index in [0.29, 0.717) is 25.1 Å². The normalized spacial score (nSPS) is 18.9. The average Bonchev–Trinajstić information content (AvgIpc) is 2.69. The predicted molar refractivity (Wildman–Crippen MR) is 112 cm³/mol. The van der Waals surface area contributed by atoms with Gasteiger partial charge in [-0.1, -0.05) is 12.1 Å². The smallest absolute Gasteiger partial charge is 0.267 e. The molecule has 2 aliphatic rings. The lowest BCUT2D eigenvalue weighted by molar-refractivity contribution is -0.119. The van der Waals surface area contributed by atoms with Gasteiger partial charge in [0.15, 0.2) is 0 Å². The van der Waals surface area contributed by atoms with Gasteiger partial charge in [0.05, 0.1) is 5.69 Å². The summed E-state index contributed by atoms with van der Waals surface area (Å²) in [5, 5.41) is 8.75. The van der Waals surface area contributed by atoms with Gasteiger partial charge < -0.3 is 15.1 Å². The van der Waals surface area contributed by atoms with E-state index in [4.69, 9.17) is 0 Å². The number of anilines is 1. The lowest BCUT2D eigenvalue weighted by Gasteiger charge is -2.32. The van der Waals surface area contributed by atoms with Crippen molar-refractivity contribution in [2.45, 2.75) is 33.1 Å². The number of carbonyl (C=O) groups is 2. The minimum atomic E-state index is -0.166. The number of hydrazone groups is 1. The van der Waals surface area contributed by atoms with E-state index in [-0.39, 0.29) is 11.8 Å². The molecule has 0 saturated carbocycles. The Labute approximate surface area is 167 Å². The minimum Gasteiger partial charge on any atom is -0.351 e. The van der Waals surface area contributed by atoms with E-state index in [9.17, 15) is 9.59 Å². The highest BCUT2D eigenvalue weighted by molar-refractivity contribution is 6.40. The number of amides is 2. The molecule has 0 bridgehead atoms. The summed E-state index contributed by atoms with van der Waals surface area (Å²) in [6, 6.07) is 5.92. The molecular weight excluding hydrogens is 354 g/mol. The van der Waals surface area contributed by atoms with Crippen LogP contribution in [-0.2, 0) is 9.59 Å². The van der Waals surface area contributed by atoms with E-state index in [1.165, 1.54) is 5.01 Å². The van der Waals surface area contributed by atoms with E-state index >= 15 is 0 Å². The maximum Gasteiger partial charge on any atom is 0.267 e. The molecule has 2 amide bonds. The van der Waals surface area contributed by atoms with Crippen LogP contribution in [0, 0.1) is 13.8 Å². The Kier molecular flexibility index (Phi) is 6.80. The van der Waals surface area contributed by atoms with Crippen molar-refractivity contribution in [3.63, 3.8) is 0 Å². The number of rotatable bonds is 6. The molecule has 0 radical (unpaired) electrons. The Bertz CT molecular complexity index is 753. The zero-order chi connectivity index (χ0) is 20.1. The highest BCUT2D eigenvalue weighted by Crippen LogP contribution is 2.25. The molecule has 1 fully saturated rings. The van der Waals surface area contributed by atoms with Gasteiger partial charge in [-0.05, 0) is 51.1 Å². The number of aryl methyl sites for hydroxylation is 2. The van der Waals surface area contributed by atoms with Gasteiger partial charge in [-0.15, -0.1) is 0 Å². The van der Waals surface area contributed by atoms with Crippen LogP contribution >= 0.6 is 0 Å². The van der Waals surface area contributed by atoms with Crippen molar-refractivity contribution >= 4 is 23.2 Å². The molecule has 1 saturated heterocycles. The summed E-state index contributed by atoms with van der Waals surface area (Å²) in [5.41, 5.74) is 3.21. The van der Waals surface area contributed by atoms with Gasteiger partial charge >= 0.3 is 0 Å². The van der Waals surface area contributed by atoms with Crippen LogP contribution in [0.25, 0.3) is 0 Å². The number of nitrogens with zero attached hydrogens (tertiary/aromatic N) is 4. The first kappa shape index (κ1) is 20.5. The van der Waals surface area contributed by atoms with Crippen molar-refractivity contribution in [3.8, 4) is 0 Å². The van der Waals surface area contributed by atoms with Gasteiger partial charge in [-0.3, -0.25) is 9.59 Å². The van der Waals surface area contributed by atoms with E-state index < -0.39 is 0 Å². The van der Waals surface area contributed by atoms with Crippen LogP contribution in [0.15, 0.2) is 23.3 Å². The number of likely N-dealkylation sites (N-methyl/N-ethyl adjacent to an activating group) is 1. The Morgan fingerprint density at radius 2 is 1.89 bits per heavy atom. The predicted octanol–water partition coefficient (Wildman–Crippen LogP) is 1.54. The fourth-order valence-corrected chi connectivity index (χ4v) is 3.53. The summed E-state index contributed by atoms with van der Waals surface area (Å²) >= 11 is 0. The molecular formula is C21H31N5O2. The molecule has 1 aromatic carbocycles. The van der Waals surface area contributed by atoms with Crippen molar-refractivity contribution in [1.82, 2.24) is 15.1 Å². The quantitative estimate of drug-likeness (QED) is 0.755. The zero-order valence-electron chi connectivity index (χ0n) is 17.2. The van der Waals surface area contributed by atoms with Gasteiger partial charge in [0.2, 0.25) is 5.91 Å². The molecule has 2 heterocycles. The van der Waals surface area contributed by atoms with Crippen molar-refractivity contribution < 1.29 is 9.59 Å². The van der Waals surface area contributed by atoms with Crippen LogP contribution in [0.5, 0.6) is 0 Å². The number of nitrogens with one attached hydrogen (secondary N) is 1. The first-order chi connectivity index (χ1) is 13.4. The number of benzene rings is 1. The Hall–Kier alpha value is -2.25. The standard InChI is InChI=1S/C21H31N5O2/c1-16-5-6-17(2)19(15-16)26-20(27)8-7-18(23-26)21(28)22-9-4-10-25-13-11-24(3)12-14-25/h5-6,15H,4,7-14H2,1-3H3,(H,22,28). The fourth-order valence-electron chi connectivity index (χ4n) is 3.53. The third kappa shape index (κ3) is 5.17. The molecule has 28 heavy (non-hydrogen) atoms. The molecule has 0 aliphatic carbocycles. The molecule has 0 spiro atoms. The van der Waals surface area contributed by atoms with Crippen molar-refractivity contribution in [3.05, 3.63) is 29.3 Å². The lowest BCUT2D eigenvalue weighted by atomic mass is 10.1. The summed E-state index contributed by atoms with van der Waals surface area (Å²) in [5.74, 6) is -0.235. The minimum absolute atomic E-state index is 0.0692. The highest BCUT2D eigenvalue weighted by Gasteiger charge is 2.26. The monoisotopic (exact) mass is 385 g/mol. The average molecular weight is 386 g/mol. The van der Waals surface area contributed by atoms with Gasteiger partial charge in [0, 0.05) is 45.6 Å². The fraction of sp³-hybridized carbons (Fsp3) is 0.571. The van der Waals surface area contributed by atoms with Crippen LogP contribution in [0.3, 0.4) is 0 Å². The van der Waals surface area contributed by atoms with Crippen LogP contribution in [0.1, 0.15) is 30.4 Å². The van der Waals surface area contributed by atoms with Gasteiger partial charge in [-0.25, -0.2) is 5.01 Å². The molecule has 7 heteroatoms. The lowest BCUT2D eigenvalue weighted by Crippen LogP contribution is -2.45. The van der Waals surface area contributed by atoms with Crippen molar-refractivity contribution in [1.29, 1.82) is 0 Å². The van der Waals surface area contributed by atoms with Gasteiger partial charge in [0.25, 0.3) is 5.91 Å². The summed E-state index contributed by atoms with van der Waals surface area (Å²) in [7, 11) is 2.15. The maximum absolute atomic E-state index is 12.5. The van der Waals surface area contributed by atoms with E-state index in [1.54, 1.807) is 0 Å². The van der Waals surface area contributed by atoms with E-state index in [2.05, 4.69) is 27.3 Å². The SMILES string of the molecule is Cc1ccc(C)c(N2N=C(C(=O)NCCCN3CCN(C)CC3)CCC2=O)c1. The number of hydrogen-bond donors (Lipinski definition) is 1. The molecule has 3 rings (SSSR count). The molecule has 0 unspecified atom stereocenters. The second-order valence-electron chi connectivity index (χ2n) is 7.80. The van der Waals surface area contributed by atoms with Crippen molar-refractivity contribution in [2.24, 2.45) is 5.10 Å². The van der Waals surface area contributed by atoms with E-state index in [1.807, 2.05) is 32.0 Å². The van der Waals surface area contributed by atoms with Crippen LogP contribution in [0.2, 0.25) is 0 Å². The van der Waals surface area contributed by atoms with Crippen LogP contribution in [0.4, 0.5) is 5.69 Å². The second-order valence-corrected chi connectivity index (χ2v) is 7.80. The Morgan fingerprint density at radius 3 is 2.64 bits per heavy atom. The summed E-state index contributed by atoms with van der Waals surface area (Å²) in [6.45, 7) is 9.93. The molecule has 1 N–H and O–H groups in total.